The molecule has 0 fully saturated rings. The Balaban J connectivity index is 2.02. The molecule has 1 amide bonds. The summed E-state index contributed by atoms with van der Waals surface area (Å²) in [5.41, 5.74) is 5.92. The average Bonchev–Trinajstić information content (AvgIpc) is 2.88. The van der Waals surface area contributed by atoms with Crippen LogP contribution in [0, 0.1) is 13.8 Å². The lowest BCUT2D eigenvalue weighted by atomic mass is 9.97. The Morgan fingerprint density at radius 2 is 1.64 bits per heavy atom. The normalized spacial score (nSPS) is 14.3. The molecule has 0 unspecified atom stereocenters. The molecule has 0 bridgehead atoms. The second kappa shape index (κ2) is 4.93. The van der Waals surface area contributed by atoms with Crippen molar-refractivity contribution >= 4 is 17.1 Å². The number of ether oxygens (including phenoxy) is 1. The monoisotopic (exact) mass is 299 g/mol. The molecule has 0 saturated carbocycles. The van der Waals surface area contributed by atoms with Crippen LogP contribution in [0.15, 0.2) is 12.4 Å². The minimum absolute atomic E-state index is 0.280. The number of aromatic nitrogens is 2. The molecule has 0 spiro atoms. The first kappa shape index (κ1) is 14.8. The molecule has 3 rings (SSSR count). The van der Waals surface area contributed by atoms with Gasteiger partial charge in [0.1, 0.15) is 5.60 Å². The molecule has 1 aliphatic heterocycles. The molecule has 0 atom stereocenters. The van der Waals surface area contributed by atoms with Crippen molar-refractivity contribution in [3.63, 3.8) is 0 Å². The fourth-order valence-corrected chi connectivity index (χ4v) is 2.88. The number of hydrogen-bond acceptors (Lipinski definition) is 4. The van der Waals surface area contributed by atoms with Gasteiger partial charge in [-0.25, -0.2) is 4.79 Å². The van der Waals surface area contributed by atoms with Gasteiger partial charge in [0.05, 0.1) is 24.1 Å². The Kier molecular flexibility index (Phi) is 3.31. The summed E-state index contributed by atoms with van der Waals surface area (Å²) in [6.07, 6.45) is 3.13. The summed E-state index contributed by atoms with van der Waals surface area (Å²) >= 11 is 0. The molecule has 5 nitrogen and oxygen atoms in total. The molecular formula is C17H21N3O2. The first-order valence-corrected chi connectivity index (χ1v) is 7.47. The van der Waals surface area contributed by atoms with Gasteiger partial charge in [-0.05, 0) is 51.3 Å². The fraction of sp³-hybridized carbons (Fsp3) is 0.471. The number of carbonyl (C=O) groups is 1. The zero-order valence-electron chi connectivity index (χ0n) is 13.7. The Labute approximate surface area is 130 Å². The van der Waals surface area contributed by atoms with Crippen molar-refractivity contribution in [3.05, 3.63) is 34.6 Å². The molecule has 0 saturated heterocycles. The van der Waals surface area contributed by atoms with Gasteiger partial charge in [-0.15, -0.1) is 0 Å². The van der Waals surface area contributed by atoms with Crippen LogP contribution in [0.5, 0.6) is 0 Å². The summed E-state index contributed by atoms with van der Waals surface area (Å²) in [5, 5.41) is 0. The van der Waals surface area contributed by atoms with E-state index < -0.39 is 5.60 Å². The molecule has 116 valence electrons. The smallest absolute Gasteiger partial charge is 0.410 e. The van der Waals surface area contributed by atoms with Crippen LogP contribution in [-0.2, 0) is 17.8 Å². The van der Waals surface area contributed by atoms with Gasteiger partial charge in [-0.3, -0.25) is 14.9 Å². The lowest BCUT2D eigenvalue weighted by Gasteiger charge is -2.24. The van der Waals surface area contributed by atoms with E-state index in [0.29, 0.717) is 13.1 Å². The summed E-state index contributed by atoms with van der Waals surface area (Å²) in [7, 11) is 0. The Morgan fingerprint density at radius 3 is 2.27 bits per heavy atom. The number of nitrogens with zero attached hydrogens (tertiary/aromatic N) is 3. The van der Waals surface area contributed by atoms with E-state index in [1.54, 1.807) is 17.3 Å². The highest BCUT2D eigenvalue weighted by Gasteiger charge is 2.31. The number of carbonyl (C=O) groups excluding carboxylic acids is 1. The Bertz CT molecular complexity index is 763. The molecule has 0 radical (unpaired) electrons. The van der Waals surface area contributed by atoms with Crippen LogP contribution in [0.2, 0.25) is 0 Å². The zero-order valence-corrected chi connectivity index (χ0v) is 13.7. The number of amides is 1. The predicted molar refractivity (Wildman–Crippen MR) is 84.5 cm³/mol. The van der Waals surface area contributed by atoms with Crippen LogP contribution in [0.25, 0.3) is 11.0 Å². The molecule has 1 aromatic carbocycles. The molecule has 5 heteroatoms. The average molecular weight is 299 g/mol. The second-order valence-electron chi connectivity index (χ2n) is 6.80. The van der Waals surface area contributed by atoms with Gasteiger partial charge in [0.15, 0.2) is 0 Å². The first-order chi connectivity index (χ1) is 10.3. The highest BCUT2D eigenvalue weighted by Crippen LogP contribution is 2.34. The van der Waals surface area contributed by atoms with Crippen molar-refractivity contribution in [3.8, 4) is 0 Å². The third-order valence-electron chi connectivity index (χ3n) is 4.07. The van der Waals surface area contributed by atoms with Gasteiger partial charge in [0.25, 0.3) is 0 Å². The maximum absolute atomic E-state index is 12.3. The number of rotatable bonds is 0. The van der Waals surface area contributed by atoms with Crippen molar-refractivity contribution in [2.45, 2.75) is 53.3 Å². The number of aryl methyl sites for hydroxylation is 1. The molecule has 2 aromatic rings. The summed E-state index contributed by atoms with van der Waals surface area (Å²) < 4.78 is 5.49. The van der Waals surface area contributed by atoms with E-state index >= 15 is 0 Å². The minimum Gasteiger partial charge on any atom is -0.444 e. The van der Waals surface area contributed by atoms with Crippen LogP contribution in [0.3, 0.4) is 0 Å². The summed E-state index contributed by atoms with van der Waals surface area (Å²) in [4.78, 5) is 23.0. The highest BCUT2D eigenvalue weighted by molar-refractivity contribution is 5.85. The minimum atomic E-state index is -0.487. The van der Waals surface area contributed by atoms with E-state index in [1.165, 1.54) is 11.1 Å². The maximum atomic E-state index is 12.3. The predicted octanol–water partition coefficient (Wildman–Crippen LogP) is 3.50. The van der Waals surface area contributed by atoms with Gasteiger partial charge < -0.3 is 4.74 Å². The van der Waals surface area contributed by atoms with E-state index in [2.05, 4.69) is 23.8 Å². The second-order valence-corrected chi connectivity index (χ2v) is 6.80. The largest absolute Gasteiger partial charge is 0.444 e. The van der Waals surface area contributed by atoms with Crippen LogP contribution in [0.1, 0.15) is 43.0 Å². The zero-order chi connectivity index (χ0) is 16.1. The van der Waals surface area contributed by atoms with Gasteiger partial charge >= 0.3 is 6.09 Å². The van der Waals surface area contributed by atoms with E-state index in [-0.39, 0.29) is 6.09 Å². The number of hydrogen-bond donors (Lipinski definition) is 0. The van der Waals surface area contributed by atoms with Crippen molar-refractivity contribution in [2.75, 3.05) is 0 Å². The highest BCUT2D eigenvalue weighted by atomic mass is 16.6. The van der Waals surface area contributed by atoms with E-state index in [0.717, 1.165) is 22.2 Å². The van der Waals surface area contributed by atoms with Crippen molar-refractivity contribution in [1.29, 1.82) is 0 Å². The third-order valence-corrected chi connectivity index (χ3v) is 4.07. The lowest BCUT2D eigenvalue weighted by Crippen LogP contribution is -2.33. The van der Waals surface area contributed by atoms with Crippen molar-refractivity contribution in [2.24, 2.45) is 0 Å². The SMILES string of the molecule is Cc1c2c(c3nccnc3c1C)CN(C(=O)OC(C)(C)C)C2. The topological polar surface area (TPSA) is 55.3 Å². The molecule has 2 heterocycles. The van der Waals surface area contributed by atoms with Crippen LogP contribution in [0.4, 0.5) is 4.79 Å². The van der Waals surface area contributed by atoms with Gasteiger partial charge in [-0.2, -0.15) is 0 Å². The van der Waals surface area contributed by atoms with Crippen LogP contribution < -0.4 is 0 Å². The standard InChI is InChI=1S/C17H21N3O2/c1-10-11(2)14-15(19-7-6-18-14)13-9-20(8-12(10)13)16(21)22-17(3,4)5/h6-7H,8-9H2,1-5H3. The van der Waals surface area contributed by atoms with Gasteiger partial charge in [-0.1, -0.05) is 0 Å². The lowest BCUT2D eigenvalue weighted by molar-refractivity contribution is 0.0242. The van der Waals surface area contributed by atoms with E-state index in [9.17, 15) is 4.79 Å². The molecule has 22 heavy (non-hydrogen) atoms. The molecule has 0 aliphatic carbocycles. The van der Waals surface area contributed by atoms with E-state index in [1.807, 2.05) is 20.8 Å². The maximum Gasteiger partial charge on any atom is 0.410 e. The molecule has 0 N–H and O–H groups in total. The van der Waals surface area contributed by atoms with E-state index in [4.69, 9.17) is 4.74 Å². The van der Waals surface area contributed by atoms with Crippen LogP contribution in [-0.4, -0.2) is 26.6 Å². The molecular weight excluding hydrogens is 278 g/mol. The fourth-order valence-electron chi connectivity index (χ4n) is 2.88. The molecule has 1 aliphatic rings. The molecule has 1 aromatic heterocycles. The number of benzene rings is 1. The quantitative estimate of drug-likeness (QED) is 0.747. The summed E-state index contributed by atoms with van der Waals surface area (Å²) in [6, 6.07) is 0. The van der Waals surface area contributed by atoms with Crippen LogP contribution >= 0.6 is 0 Å². The number of fused-ring (bicyclic) bond motifs is 3. The third kappa shape index (κ3) is 2.40. The van der Waals surface area contributed by atoms with Gasteiger partial charge in [0.2, 0.25) is 0 Å². The Hall–Kier alpha value is -2.17. The first-order valence-electron chi connectivity index (χ1n) is 7.47. The van der Waals surface area contributed by atoms with Crippen molar-refractivity contribution in [1.82, 2.24) is 14.9 Å². The Morgan fingerprint density at radius 1 is 1.05 bits per heavy atom. The summed E-state index contributed by atoms with van der Waals surface area (Å²) in [6.45, 7) is 10.9. The van der Waals surface area contributed by atoms with Gasteiger partial charge in [0, 0.05) is 18.0 Å². The summed E-state index contributed by atoms with van der Waals surface area (Å²) in [5.74, 6) is 0. The van der Waals surface area contributed by atoms with Crippen molar-refractivity contribution < 1.29 is 9.53 Å².